The van der Waals surface area contributed by atoms with Crippen molar-refractivity contribution in [3.63, 3.8) is 0 Å². The number of carbonyl (C=O) groups excluding carboxylic acids is 1. The molecule has 0 bridgehead atoms. The fourth-order valence-electron chi connectivity index (χ4n) is 3.76. The van der Waals surface area contributed by atoms with E-state index in [1.165, 1.54) is 10.3 Å². The Morgan fingerprint density at radius 2 is 1.86 bits per heavy atom. The molecule has 1 fully saturated rings. The Kier molecular flexibility index (Phi) is 5.04. The van der Waals surface area contributed by atoms with Crippen LogP contribution in [0.5, 0.6) is 0 Å². The van der Waals surface area contributed by atoms with Crippen molar-refractivity contribution < 1.29 is 9.21 Å². The second-order valence-electron chi connectivity index (χ2n) is 7.29. The molecule has 148 valence electrons. The highest BCUT2D eigenvalue weighted by Crippen LogP contribution is 2.12. The van der Waals surface area contributed by atoms with Crippen LogP contribution in [-0.4, -0.2) is 62.8 Å². The third-order valence-corrected chi connectivity index (χ3v) is 5.32. The van der Waals surface area contributed by atoms with Crippen LogP contribution >= 0.6 is 0 Å². The molecule has 0 unspecified atom stereocenters. The summed E-state index contributed by atoms with van der Waals surface area (Å²) >= 11 is 0. The van der Waals surface area contributed by atoms with Gasteiger partial charge in [-0.15, -0.1) is 0 Å². The first kappa shape index (κ1) is 18.5. The van der Waals surface area contributed by atoms with Crippen molar-refractivity contribution in [1.82, 2.24) is 24.1 Å². The minimum Gasteiger partial charge on any atom is -0.408 e. The summed E-state index contributed by atoms with van der Waals surface area (Å²) in [5.74, 6) is -0.537. The maximum absolute atomic E-state index is 12.7. The van der Waals surface area contributed by atoms with Crippen LogP contribution in [0.2, 0.25) is 0 Å². The van der Waals surface area contributed by atoms with Gasteiger partial charge in [0.25, 0.3) is 0 Å². The molecule has 0 spiro atoms. The number of aromatic nitrogens is 3. The summed E-state index contributed by atoms with van der Waals surface area (Å²) in [6, 6.07) is 9.25. The molecule has 3 aromatic rings. The molecule has 0 saturated carbocycles. The Bertz CT molecular complexity index is 1040. The second-order valence-corrected chi connectivity index (χ2v) is 7.29. The third kappa shape index (κ3) is 3.73. The first-order valence-electron chi connectivity index (χ1n) is 9.61. The number of oxazole rings is 1. The molecule has 3 heterocycles. The Balaban J connectivity index is 1.32. The minimum atomic E-state index is -0.488. The van der Waals surface area contributed by atoms with Gasteiger partial charge in [0.15, 0.2) is 5.58 Å². The molecule has 28 heavy (non-hydrogen) atoms. The molecule has 4 rings (SSSR count). The predicted molar refractivity (Wildman–Crippen MR) is 105 cm³/mol. The van der Waals surface area contributed by atoms with E-state index in [2.05, 4.69) is 23.0 Å². The molecule has 0 atom stereocenters. The summed E-state index contributed by atoms with van der Waals surface area (Å²) in [5.41, 5.74) is 3.37. The molecule has 8 heteroatoms. The van der Waals surface area contributed by atoms with Crippen molar-refractivity contribution in [3.8, 4) is 0 Å². The number of aryl methyl sites for hydroxylation is 2. The lowest BCUT2D eigenvalue weighted by molar-refractivity contribution is -0.133. The molecule has 1 aromatic carbocycles. The first-order valence-corrected chi connectivity index (χ1v) is 9.61. The van der Waals surface area contributed by atoms with Crippen LogP contribution in [0.1, 0.15) is 11.4 Å². The SMILES string of the molecule is Cc1cc(C)n(CCN2CCN(C(=O)Cn3c(=O)oc4ccccc43)CC2)n1. The topological polar surface area (TPSA) is 76.5 Å². The molecule has 0 radical (unpaired) electrons. The number of piperazine rings is 1. The summed E-state index contributed by atoms with van der Waals surface area (Å²) < 4.78 is 8.65. The predicted octanol–water partition coefficient (Wildman–Crippen LogP) is 1.25. The van der Waals surface area contributed by atoms with Gasteiger partial charge < -0.3 is 9.32 Å². The average Bonchev–Trinajstić information content (AvgIpc) is 3.18. The summed E-state index contributed by atoms with van der Waals surface area (Å²) in [5, 5.41) is 4.50. The molecule has 1 saturated heterocycles. The number of para-hydroxylation sites is 2. The third-order valence-electron chi connectivity index (χ3n) is 5.32. The van der Waals surface area contributed by atoms with Gasteiger partial charge in [-0.05, 0) is 32.0 Å². The Labute approximate surface area is 162 Å². The quantitative estimate of drug-likeness (QED) is 0.663. The largest absolute Gasteiger partial charge is 0.420 e. The number of hydrogen-bond donors (Lipinski definition) is 0. The highest BCUT2D eigenvalue weighted by molar-refractivity contribution is 5.79. The maximum Gasteiger partial charge on any atom is 0.420 e. The van der Waals surface area contributed by atoms with E-state index >= 15 is 0 Å². The van der Waals surface area contributed by atoms with E-state index in [9.17, 15) is 9.59 Å². The van der Waals surface area contributed by atoms with E-state index in [-0.39, 0.29) is 12.5 Å². The van der Waals surface area contributed by atoms with Crippen molar-refractivity contribution in [3.05, 3.63) is 52.3 Å². The summed E-state index contributed by atoms with van der Waals surface area (Å²) in [4.78, 5) is 28.9. The molecular weight excluding hydrogens is 358 g/mol. The monoisotopic (exact) mass is 383 g/mol. The Morgan fingerprint density at radius 3 is 2.57 bits per heavy atom. The van der Waals surface area contributed by atoms with Gasteiger partial charge >= 0.3 is 5.76 Å². The average molecular weight is 383 g/mol. The number of carbonyl (C=O) groups is 1. The molecule has 1 aliphatic rings. The van der Waals surface area contributed by atoms with Gasteiger partial charge in [-0.3, -0.25) is 18.9 Å². The zero-order valence-corrected chi connectivity index (χ0v) is 16.3. The number of rotatable bonds is 5. The standard InChI is InChI=1S/C20H25N5O3/c1-15-13-16(2)25(21-15)12-9-22-7-10-23(11-8-22)19(26)14-24-17-5-3-4-6-18(17)28-20(24)27/h3-6,13H,7-12,14H2,1-2H3. The number of fused-ring (bicyclic) bond motifs is 1. The second kappa shape index (κ2) is 7.63. The van der Waals surface area contributed by atoms with Gasteiger partial charge in [-0.1, -0.05) is 12.1 Å². The molecule has 0 aliphatic carbocycles. The van der Waals surface area contributed by atoms with Gasteiger partial charge in [0.1, 0.15) is 6.54 Å². The van der Waals surface area contributed by atoms with Gasteiger partial charge in [-0.2, -0.15) is 5.10 Å². The van der Waals surface area contributed by atoms with Gasteiger partial charge in [-0.25, -0.2) is 4.79 Å². The Hall–Kier alpha value is -2.87. The smallest absolute Gasteiger partial charge is 0.408 e. The van der Waals surface area contributed by atoms with Crippen LogP contribution in [-0.2, 0) is 17.9 Å². The highest BCUT2D eigenvalue weighted by atomic mass is 16.4. The number of amides is 1. The van der Waals surface area contributed by atoms with Gasteiger partial charge in [0.2, 0.25) is 5.91 Å². The van der Waals surface area contributed by atoms with Crippen molar-refractivity contribution in [2.45, 2.75) is 26.9 Å². The summed E-state index contributed by atoms with van der Waals surface area (Å²) in [6.45, 7) is 8.83. The van der Waals surface area contributed by atoms with Crippen molar-refractivity contribution in [2.24, 2.45) is 0 Å². The lowest BCUT2D eigenvalue weighted by Crippen LogP contribution is -2.50. The molecule has 1 aliphatic heterocycles. The number of hydrogen-bond acceptors (Lipinski definition) is 5. The van der Waals surface area contributed by atoms with Crippen LogP contribution in [0.25, 0.3) is 11.1 Å². The van der Waals surface area contributed by atoms with Gasteiger partial charge in [0, 0.05) is 38.4 Å². The van der Waals surface area contributed by atoms with Crippen LogP contribution < -0.4 is 5.76 Å². The zero-order chi connectivity index (χ0) is 19.7. The molecule has 1 amide bonds. The van der Waals surface area contributed by atoms with Crippen LogP contribution in [0, 0.1) is 13.8 Å². The van der Waals surface area contributed by atoms with Crippen LogP contribution in [0.15, 0.2) is 39.5 Å². The van der Waals surface area contributed by atoms with Crippen molar-refractivity contribution in [1.29, 1.82) is 0 Å². The first-order chi connectivity index (χ1) is 13.5. The van der Waals surface area contributed by atoms with E-state index in [0.717, 1.165) is 31.9 Å². The lowest BCUT2D eigenvalue weighted by Gasteiger charge is -2.34. The van der Waals surface area contributed by atoms with Crippen LogP contribution in [0.4, 0.5) is 0 Å². The van der Waals surface area contributed by atoms with Crippen molar-refractivity contribution in [2.75, 3.05) is 32.7 Å². The summed E-state index contributed by atoms with van der Waals surface area (Å²) in [6.07, 6.45) is 0. The molecular formula is C20H25N5O3. The van der Waals surface area contributed by atoms with E-state index in [1.54, 1.807) is 12.1 Å². The minimum absolute atomic E-state index is 0.0155. The number of benzene rings is 1. The van der Waals surface area contributed by atoms with E-state index < -0.39 is 5.76 Å². The number of nitrogens with zero attached hydrogens (tertiary/aromatic N) is 5. The fourth-order valence-corrected chi connectivity index (χ4v) is 3.76. The molecule has 8 nitrogen and oxygen atoms in total. The van der Waals surface area contributed by atoms with Crippen LogP contribution in [0.3, 0.4) is 0 Å². The van der Waals surface area contributed by atoms with E-state index in [4.69, 9.17) is 4.42 Å². The van der Waals surface area contributed by atoms with Gasteiger partial charge in [0.05, 0.1) is 17.8 Å². The highest BCUT2D eigenvalue weighted by Gasteiger charge is 2.22. The van der Waals surface area contributed by atoms with Crippen molar-refractivity contribution >= 4 is 17.0 Å². The lowest BCUT2D eigenvalue weighted by atomic mass is 10.3. The Morgan fingerprint density at radius 1 is 1.11 bits per heavy atom. The maximum atomic E-state index is 12.7. The normalized spacial score (nSPS) is 15.4. The van der Waals surface area contributed by atoms with E-state index in [0.29, 0.717) is 24.2 Å². The fraction of sp³-hybridized carbons (Fsp3) is 0.450. The molecule has 0 N–H and O–H groups in total. The zero-order valence-electron chi connectivity index (χ0n) is 16.3. The molecule has 2 aromatic heterocycles. The van der Waals surface area contributed by atoms with E-state index in [1.807, 2.05) is 28.6 Å². The summed E-state index contributed by atoms with van der Waals surface area (Å²) in [7, 11) is 0.